The molecule has 3 heterocycles. The first-order valence-corrected chi connectivity index (χ1v) is 10.7. The number of nitrogens with zero attached hydrogens (tertiary/aromatic N) is 1. The Morgan fingerprint density at radius 1 is 1.22 bits per heavy atom. The van der Waals surface area contributed by atoms with Crippen molar-refractivity contribution in [3.8, 4) is 0 Å². The second-order valence-electron chi connectivity index (χ2n) is 10.3. The molecule has 146 valence electrons. The quantitative estimate of drug-likeness (QED) is 0.757. The van der Waals surface area contributed by atoms with Gasteiger partial charge in [0.15, 0.2) is 5.78 Å². The summed E-state index contributed by atoms with van der Waals surface area (Å²) in [5.74, 6) is 1.35. The van der Waals surface area contributed by atoms with Gasteiger partial charge in [-0.1, -0.05) is 19.9 Å². The van der Waals surface area contributed by atoms with Crippen LogP contribution in [0.4, 0.5) is 0 Å². The zero-order valence-electron chi connectivity index (χ0n) is 16.1. The number of piperidine rings is 1. The van der Waals surface area contributed by atoms with Crippen LogP contribution in [-0.4, -0.2) is 47.2 Å². The number of allylic oxidation sites excluding steroid dienone is 1. The number of carbonyl (C=O) groups is 2. The number of aliphatic hydroxyl groups is 1. The van der Waals surface area contributed by atoms with Gasteiger partial charge >= 0.3 is 0 Å². The van der Waals surface area contributed by atoms with Gasteiger partial charge in [-0.2, -0.15) is 0 Å². The molecule has 0 radical (unpaired) electrons. The Morgan fingerprint density at radius 3 is 2.81 bits per heavy atom. The minimum absolute atomic E-state index is 0.0404. The molecule has 27 heavy (non-hydrogen) atoms. The van der Waals surface area contributed by atoms with Crippen molar-refractivity contribution in [2.45, 2.75) is 64.2 Å². The maximum absolute atomic E-state index is 13.5. The highest BCUT2D eigenvalue weighted by molar-refractivity contribution is 6.02. The van der Waals surface area contributed by atoms with Gasteiger partial charge in [0.2, 0.25) is 5.91 Å². The summed E-state index contributed by atoms with van der Waals surface area (Å²) in [6.07, 6.45) is 6.49. The first-order chi connectivity index (χ1) is 12.9. The van der Waals surface area contributed by atoms with E-state index in [0.717, 1.165) is 50.5 Å². The molecule has 0 aromatic rings. The third-order valence-electron chi connectivity index (χ3n) is 9.78. The molecular weight excluding hydrogens is 342 g/mol. The van der Waals surface area contributed by atoms with E-state index in [1.165, 1.54) is 0 Å². The summed E-state index contributed by atoms with van der Waals surface area (Å²) >= 11 is 0. The summed E-state index contributed by atoms with van der Waals surface area (Å²) in [5, 5.41) is 9.65. The number of β-amino-alcohol motifs (C(OH)–C–C–N with tert-alkyl or cyclic N) is 1. The second kappa shape index (κ2) is 4.85. The number of aliphatic hydroxyl groups excluding tert-OH is 1. The molecule has 5 heteroatoms. The molecule has 8 rings (SSSR count). The molecule has 2 spiro atoms. The predicted octanol–water partition coefficient (Wildman–Crippen LogP) is 2.28. The SMILES string of the molecule is C=C1C(=O)C23CC[C@H]1CC2[C@@]12CCC[C@@]4(C)C(=O)N(CCO)[C@@H]1O[C@@H]3CC24. The Balaban J connectivity index is 1.56. The normalized spacial score (nSPS) is 55.1. The van der Waals surface area contributed by atoms with E-state index in [0.29, 0.717) is 24.3 Å². The third-order valence-corrected chi connectivity index (χ3v) is 9.78. The van der Waals surface area contributed by atoms with E-state index in [4.69, 9.17) is 4.74 Å². The fraction of sp³-hybridized carbons (Fsp3) is 0.818. The monoisotopic (exact) mass is 371 g/mol. The van der Waals surface area contributed by atoms with Gasteiger partial charge < -0.3 is 14.7 Å². The topological polar surface area (TPSA) is 66.8 Å². The number of rotatable bonds is 2. The summed E-state index contributed by atoms with van der Waals surface area (Å²) in [5.41, 5.74) is -0.0657. The zero-order chi connectivity index (χ0) is 18.8. The van der Waals surface area contributed by atoms with Gasteiger partial charge in [-0.05, 0) is 61.9 Å². The lowest BCUT2D eigenvalue weighted by Crippen LogP contribution is -2.82. The number of fused-ring (bicyclic) bond motifs is 2. The van der Waals surface area contributed by atoms with Crippen LogP contribution in [0.1, 0.15) is 51.9 Å². The summed E-state index contributed by atoms with van der Waals surface area (Å²) in [6, 6.07) is 0. The summed E-state index contributed by atoms with van der Waals surface area (Å²) < 4.78 is 6.65. The van der Waals surface area contributed by atoms with Crippen LogP contribution < -0.4 is 0 Å². The number of carbonyl (C=O) groups excluding carboxylic acids is 2. The minimum atomic E-state index is -0.400. The lowest BCUT2D eigenvalue weighted by molar-refractivity contribution is -0.369. The molecule has 3 unspecified atom stereocenters. The number of amides is 1. The first kappa shape index (κ1) is 16.7. The molecule has 5 aliphatic carbocycles. The molecule has 3 saturated heterocycles. The molecule has 5 saturated carbocycles. The van der Waals surface area contributed by atoms with E-state index in [1.807, 2.05) is 4.90 Å². The molecule has 1 amide bonds. The lowest BCUT2D eigenvalue weighted by Gasteiger charge is -2.77. The number of hydrogen-bond donors (Lipinski definition) is 1. The van der Waals surface area contributed by atoms with E-state index in [1.54, 1.807) is 0 Å². The Hall–Kier alpha value is -1.20. The van der Waals surface area contributed by atoms with Gasteiger partial charge in [-0.3, -0.25) is 9.59 Å². The average Bonchev–Trinajstić information content (AvgIpc) is 2.68. The van der Waals surface area contributed by atoms with E-state index < -0.39 is 5.41 Å². The number of ether oxygens (including phenoxy) is 1. The van der Waals surface area contributed by atoms with Crippen molar-refractivity contribution in [1.82, 2.24) is 4.90 Å². The van der Waals surface area contributed by atoms with Crippen LogP contribution in [0.5, 0.6) is 0 Å². The van der Waals surface area contributed by atoms with Gasteiger partial charge in [0.25, 0.3) is 0 Å². The van der Waals surface area contributed by atoms with Gasteiger partial charge in [0.1, 0.15) is 6.23 Å². The maximum Gasteiger partial charge on any atom is 0.230 e. The second-order valence-corrected chi connectivity index (χ2v) is 10.3. The maximum atomic E-state index is 13.5. The summed E-state index contributed by atoms with van der Waals surface area (Å²) in [6.45, 7) is 6.61. The van der Waals surface area contributed by atoms with Gasteiger partial charge in [-0.15, -0.1) is 0 Å². The molecule has 0 aromatic heterocycles. The average molecular weight is 371 g/mol. The van der Waals surface area contributed by atoms with E-state index in [9.17, 15) is 14.7 Å². The van der Waals surface area contributed by atoms with Crippen LogP contribution in [0.25, 0.3) is 0 Å². The first-order valence-electron chi connectivity index (χ1n) is 10.7. The largest absolute Gasteiger partial charge is 0.395 e. The number of ketones is 1. The molecule has 3 aliphatic heterocycles. The fourth-order valence-electron chi connectivity index (χ4n) is 8.84. The zero-order valence-corrected chi connectivity index (χ0v) is 16.1. The van der Waals surface area contributed by atoms with Crippen molar-refractivity contribution in [3.05, 3.63) is 12.2 Å². The van der Waals surface area contributed by atoms with Crippen LogP contribution in [0.2, 0.25) is 0 Å². The molecule has 0 aromatic carbocycles. The molecule has 8 aliphatic rings. The molecular formula is C22H29NO4. The van der Waals surface area contributed by atoms with Gasteiger partial charge in [0.05, 0.1) is 23.5 Å². The highest BCUT2D eigenvalue weighted by atomic mass is 16.5. The van der Waals surface area contributed by atoms with Crippen molar-refractivity contribution in [3.63, 3.8) is 0 Å². The molecule has 5 nitrogen and oxygen atoms in total. The van der Waals surface area contributed by atoms with Gasteiger partial charge in [0, 0.05) is 12.0 Å². The van der Waals surface area contributed by atoms with Crippen molar-refractivity contribution >= 4 is 11.7 Å². The highest BCUT2D eigenvalue weighted by Crippen LogP contribution is 2.77. The lowest BCUT2D eigenvalue weighted by atomic mass is 9.32. The van der Waals surface area contributed by atoms with E-state index in [2.05, 4.69) is 13.5 Å². The standard InChI is InChI=1S/C22H29NO4/c1-12-13-4-7-22(17(12)25)15(10-13)21-6-3-5-20(2)14(21)11-16(22)27-19(21)23(8-9-24)18(20)26/h13-16,19,24H,1,3-11H2,2H3/t13-,14?,15?,16+,19+,20+,21-,22?/m0/s1. The Bertz CT molecular complexity index is 778. The van der Waals surface area contributed by atoms with Crippen LogP contribution in [0.3, 0.4) is 0 Å². The Morgan fingerprint density at radius 2 is 2.04 bits per heavy atom. The number of Topliss-reactive ketones (excluding diaryl/α,β-unsaturated/α-hetero) is 1. The predicted molar refractivity (Wildman–Crippen MR) is 97.4 cm³/mol. The smallest absolute Gasteiger partial charge is 0.230 e. The van der Waals surface area contributed by atoms with Crippen LogP contribution in [-0.2, 0) is 14.3 Å². The van der Waals surface area contributed by atoms with E-state index in [-0.39, 0.29) is 41.5 Å². The number of hydrogen-bond acceptors (Lipinski definition) is 4. The van der Waals surface area contributed by atoms with E-state index >= 15 is 0 Å². The molecule has 8 fully saturated rings. The van der Waals surface area contributed by atoms with Crippen LogP contribution in [0, 0.1) is 34.0 Å². The Kier molecular flexibility index (Phi) is 3.01. The van der Waals surface area contributed by atoms with Crippen molar-refractivity contribution in [1.29, 1.82) is 0 Å². The van der Waals surface area contributed by atoms with Crippen molar-refractivity contribution < 1.29 is 19.4 Å². The Labute approximate surface area is 160 Å². The fourth-order valence-corrected chi connectivity index (χ4v) is 8.84. The van der Waals surface area contributed by atoms with Crippen LogP contribution >= 0.6 is 0 Å². The number of likely N-dealkylation sites (tertiary alicyclic amines) is 1. The molecule has 8 atom stereocenters. The van der Waals surface area contributed by atoms with Crippen LogP contribution in [0.15, 0.2) is 12.2 Å². The minimum Gasteiger partial charge on any atom is -0.395 e. The highest BCUT2D eigenvalue weighted by Gasteiger charge is 2.80. The van der Waals surface area contributed by atoms with Crippen molar-refractivity contribution in [2.75, 3.05) is 13.2 Å². The summed E-state index contributed by atoms with van der Waals surface area (Å²) in [4.78, 5) is 28.7. The molecule has 7 bridgehead atoms. The third kappa shape index (κ3) is 1.53. The van der Waals surface area contributed by atoms with Gasteiger partial charge in [-0.25, -0.2) is 0 Å². The van der Waals surface area contributed by atoms with Crippen molar-refractivity contribution in [2.24, 2.45) is 34.0 Å². The summed E-state index contributed by atoms with van der Waals surface area (Å²) in [7, 11) is 0. The molecule has 1 N–H and O–H groups in total.